The van der Waals surface area contributed by atoms with Crippen LogP contribution in [0.1, 0.15) is 17.0 Å². The number of ether oxygens (including phenoxy) is 1. The van der Waals surface area contributed by atoms with Gasteiger partial charge in [0.05, 0.1) is 10.7 Å². The Bertz CT molecular complexity index is 1340. The van der Waals surface area contributed by atoms with Gasteiger partial charge in [0, 0.05) is 11.8 Å². The van der Waals surface area contributed by atoms with Gasteiger partial charge in [0.1, 0.15) is 18.0 Å². The van der Waals surface area contributed by atoms with Crippen molar-refractivity contribution < 1.29 is 14.5 Å². The van der Waals surface area contributed by atoms with Crippen molar-refractivity contribution in [3.05, 3.63) is 99.9 Å². The number of nitro groups is 1. The van der Waals surface area contributed by atoms with E-state index in [2.05, 4.69) is 15.5 Å². The number of thioether (sulfide) groups is 1. The molecule has 1 heterocycles. The minimum atomic E-state index is -0.531. The fourth-order valence-corrected chi connectivity index (χ4v) is 4.31. The van der Waals surface area contributed by atoms with E-state index in [4.69, 9.17) is 4.74 Å². The van der Waals surface area contributed by atoms with Crippen LogP contribution in [0.3, 0.4) is 0 Å². The molecule has 0 atom stereocenters. The molecule has 0 saturated heterocycles. The smallest absolute Gasteiger partial charge is 0.292 e. The Labute approximate surface area is 206 Å². The first-order valence-electron chi connectivity index (χ1n) is 10.8. The molecule has 0 aliphatic carbocycles. The van der Waals surface area contributed by atoms with Crippen molar-refractivity contribution >= 4 is 29.0 Å². The second kappa shape index (κ2) is 10.8. The standard InChI is InChI=1S/C25H23N5O4S/c1-17-9-8-10-18(2)24(17)34-15-22-27-28-25(29(22)19-11-4-3-5-12-19)35-16-23(31)26-20-13-6-7-14-21(20)30(32)33/h3-14H,15-16H2,1-2H3,(H,26,31). The number of amides is 1. The van der Waals surface area contributed by atoms with E-state index in [9.17, 15) is 14.9 Å². The van der Waals surface area contributed by atoms with E-state index in [1.165, 1.54) is 23.9 Å². The third-order valence-corrected chi connectivity index (χ3v) is 6.11. The topological polar surface area (TPSA) is 112 Å². The van der Waals surface area contributed by atoms with Gasteiger partial charge in [-0.3, -0.25) is 19.5 Å². The van der Waals surface area contributed by atoms with Crippen LogP contribution in [-0.2, 0) is 11.4 Å². The lowest BCUT2D eigenvalue weighted by molar-refractivity contribution is -0.383. The highest BCUT2D eigenvalue weighted by molar-refractivity contribution is 7.99. The molecule has 178 valence electrons. The highest BCUT2D eigenvalue weighted by Crippen LogP contribution is 2.27. The van der Waals surface area contributed by atoms with E-state index >= 15 is 0 Å². The van der Waals surface area contributed by atoms with Gasteiger partial charge in [-0.25, -0.2) is 0 Å². The Hall–Kier alpha value is -4.18. The van der Waals surface area contributed by atoms with Gasteiger partial charge < -0.3 is 10.1 Å². The summed E-state index contributed by atoms with van der Waals surface area (Å²) in [5.74, 6) is 0.989. The van der Waals surface area contributed by atoms with Crippen molar-refractivity contribution in [2.24, 2.45) is 0 Å². The monoisotopic (exact) mass is 489 g/mol. The number of hydrogen-bond donors (Lipinski definition) is 1. The highest BCUT2D eigenvalue weighted by atomic mass is 32.2. The molecule has 4 aromatic rings. The molecular weight excluding hydrogens is 466 g/mol. The number of hydrogen-bond acceptors (Lipinski definition) is 7. The van der Waals surface area contributed by atoms with E-state index in [1.54, 1.807) is 12.1 Å². The maximum Gasteiger partial charge on any atom is 0.292 e. The molecule has 10 heteroatoms. The summed E-state index contributed by atoms with van der Waals surface area (Å²) in [5, 5.41) is 22.9. The molecule has 4 rings (SSSR count). The second-order valence-electron chi connectivity index (χ2n) is 7.69. The molecular formula is C25H23N5O4S. The van der Waals surface area contributed by atoms with Crippen molar-refractivity contribution in [2.75, 3.05) is 11.1 Å². The molecule has 0 fully saturated rings. The van der Waals surface area contributed by atoms with Gasteiger partial charge in [-0.15, -0.1) is 10.2 Å². The zero-order chi connectivity index (χ0) is 24.8. The van der Waals surface area contributed by atoms with E-state index in [0.29, 0.717) is 11.0 Å². The van der Waals surface area contributed by atoms with Gasteiger partial charge in [0.15, 0.2) is 11.0 Å². The first-order chi connectivity index (χ1) is 16.9. The number of aromatic nitrogens is 3. The predicted molar refractivity (Wildman–Crippen MR) is 134 cm³/mol. The number of rotatable bonds is 9. The van der Waals surface area contributed by atoms with Gasteiger partial charge in [0.2, 0.25) is 5.91 Å². The molecule has 0 unspecified atom stereocenters. The number of benzene rings is 3. The van der Waals surface area contributed by atoms with Crippen LogP contribution in [0.15, 0.2) is 78.0 Å². The number of carbonyl (C=O) groups is 1. The average Bonchev–Trinajstić information content (AvgIpc) is 3.26. The number of aryl methyl sites for hydroxylation is 2. The summed E-state index contributed by atoms with van der Waals surface area (Å²) in [5.41, 5.74) is 2.87. The summed E-state index contributed by atoms with van der Waals surface area (Å²) in [4.78, 5) is 23.2. The van der Waals surface area contributed by atoms with Crippen LogP contribution in [0.4, 0.5) is 11.4 Å². The number of nitro benzene ring substituents is 1. The maximum absolute atomic E-state index is 12.6. The van der Waals surface area contributed by atoms with Crippen molar-refractivity contribution in [3.8, 4) is 11.4 Å². The minimum absolute atomic E-state index is 0.00518. The maximum atomic E-state index is 12.6. The van der Waals surface area contributed by atoms with Gasteiger partial charge in [-0.05, 0) is 43.2 Å². The molecule has 0 aliphatic heterocycles. The van der Waals surface area contributed by atoms with Crippen LogP contribution in [0.25, 0.3) is 5.69 Å². The van der Waals surface area contributed by atoms with Crippen LogP contribution in [0.5, 0.6) is 5.75 Å². The first-order valence-corrected chi connectivity index (χ1v) is 11.8. The summed E-state index contributed by atoms with van der Waals surface area (Å²) in [7, 11) is 0. The Kier molecular flexibility index (Phi) is 7.41. The molecule has 35 heavy (non-hydrogen) atoms. The van der Waals surface area contributed by atoms with Gasteiger partial charge >= 0.3 is 0 Å². The largest absolute Gasteiger partial charge is 0.485 e. The lowest BCUT2D eigenvalue weighted by Gasteiger charge is -2.13. The summed E-state index contributed by atoms with van der Waals surface area (Å²) in [6.45, 7) is 4.17. The Morgan fingerprint density at radius 2 is 1.69 bits per heavy atom. The van der Waals surface area contributed by atoms with Crippen molar-refractivity contribution in [2.45, 2.75) is 25.6 Å². The fourth-order valence-electron chi connectivity index (χ4n) is 3.54. The predicted octanol–water partition coefficient (Wildman–Crippen LogP) is 5.10. The Morgan fingerprint density at radius 1 is 1.00 bits per heavy atom. The summed E-state index contributed by atoms with van der Waals surface area (Å²) >= 11 is 1.18. The summed E-state index contributed by atoms with van der Waals surface area (Å²) < 4.78 is 7.94. The first kappa shape index (κ1) is 24.0. The minimum Gasteiger partial charge on any atom is -0.485 e. The summed E-state index contributed by atoms with van der Waals surface area (Å²) in [6, 6.07) is 21.5. The lowest BCUT2D eigenvalue weighted by atomic mass is 10.1. The molecule has 1 amide bonds. The third kappa shape index (κ3) is 5.67. The molecule has 0 radical (unpaired) electrons. The Balaban J connectivity index is 1.53. The highest BCUT2D eigenvalue weighted by Gasteiger charge is 2.19. The normalized spacial score (nSPS) is 10.7. The zero-order valence-corrected chi connectivity index (χ0v) is 20.0. The lowest BCUT2D eigenvalue weighted by Crippen LogP contribution is -2.15. The number of carbonyl (C=O) groups excluding carboxylic acids is 1. The fraction of sp³-hybridized carbons (Fsp3) is 0.160. The molecule has 9 nitrogen and oxygen atoms in total. The van der Waals surface area contributed by atoms with E-state index in [-0.39, 0.29) is 29.6 Å². The average molecular weight is 490 g/mol. The van der Waals surface area contributed by atoms with Crippen molar-refractivity contribution in [1.29, 1.82) is 0 Å². The molecule has 0 bridgehead atoms. The van der Waals surface area contributed by atoms with Gasteiger partial charge in [-0.1, -0.05) is 60.3 Å². The van der Waals surface area contributed by atoms with Crippen LogP contribution >= 0.6 is 11.8 Å². The van der Waals surface area contributed by atoms with E-state index < -0.39 is 4.92 Å². The number of nitrogens with one attached hydrogen (secondary N) is 1. The van der Waals surface area contributed by atoms with Crippen LogP contribution in [-0.4, -0.2) is 31.3 Å². The number of nitrogens with zero attached hydrogens (tertiary/aromatic N) is 4. The van der Waals surface area contributed by atoms with Crippen LogP contribution in [0, 0.1) is 24.0 Å². The van der Waals surface area contributed by atoms with E-state index in [1.807, 2.05) is 66.9 Å². The summed E-state index contributed by atoms with van der Waals surface area (Å²) in [6.07, 6.45) is 0. The quantitative estimate of drug-likeness (QED) is 0.198. The number of anilines is 1. The van der Waals surface area contributed by atoms with Crippen molar-refractivity contribution in [1.82, 2.24) is 14.8 Å². The molecule has 3 aromatic carbocycles. The van der Waals surface area contributed by atoms with Gasteiger partial charge in [-0.2, -0.15) is 0 Å². The van der Waals surface area contributed by atoms with E-state index in [0.717, 1.165) is 22.6 Å². The molecule has 1 aromatic heterocycles. The zero-order valence-electron chi connectivity index (χ0n) is 19.2. The third-order valence-electron chi connectivity index (χ3n) is 5.18. The van der Waals surface area contributed by atoms with Crippen LogP contribution < -0.4 is 10.1 Å². The molecule has 0 saturated carbocycles. The van der Waals surface area contributed by atoms with Gasteiger partial charge in [0.25, 0.3) is 5.69 Å². The second-order valence-corrected chi connectivity index (χ2v) is 8.63. The molecule has 0 aliphatic rings. The molecule has 1 N–H and O–H groups in total. The number of para-hydroxylation sites is 4. The Morgan fingerprint density at radius 3 is 2.40 bits per heavy atom. The molecule has 0 spiro atoms. The van der Waals surface area contributed by atoms with Crippen molar-refractivity contribution in [3.63, 3.8) is 0 Å². The SMILES string of the molecule is Cc1cccc(C)c1OCc1nnc(SCC(=O)Nc2ccccc2[N+](=O)[O-])n1-c1ccccc1. The van der Waals surface area contributed by atoms with Crippen LogP contribution in [0.2, 0.25) is 0 Å².